The van der Waals surface area contributed by atoms with E-state index in [0.29, 0.717) is 27.3 Å². The Morgan fingerprint density at radius 1 is 1.07 bits per heavy atom. The highest BCUT2D eigenvalue weighted by Gasteiger charge is 2.29. The summed E-state index contributed by atoms with van der Waals surface area (Å²) < 4.78 is 38.1. The normalized spacial score (nSPS) is 24.4. The molecule has 2 aliphatic rings. The molecule has 1 saturated carbocycles. The maximum Gasteiger partial charge on any atom is 0.393 e. The summed E-state index contributed by atoms with van der Waals surface area (Å²) in [6, 6.07) is 1.58. The van der Waals surface area contributed by atoms with Gasteiger partial charge in [0.1, 0.15) is 17.0 Å². The molecule has 2 fully saturated rings. The largest absolute Gasteiger partial charge is 0.393 e. The first-order valence-electron chi connectivity index (χ1n) is 10.8. The number of thiophene rings is 1. The standard InChI is InChI=1S/C21H28ClF3N4S/c22-16-3-1-15(2-4-16)12-29-7-5-14(6-8-29)11-26-19-18-9-17(10-21(23,24)25)30-20(18)28-13-27-19/h9,13-16H,1-8,10-12H2,(H,26,27,28). The van der Waals surface area contributed by atoms with Gasteiger partial charge in [0.05, 0.1) is 11.8 Å². The van der Waals surface area contributed by atoms with Gasteiger partial charge in [0.2, 0.25) is 0 Å². The molecule has 1 N–H and O–H groups in total. The van der Waals surface area contributed by atoms with E-state index in [2.05, 4.69) is 20.2 Å². The number of piperidine rings is 1. The van der Waals surface area contributed by atoms with Crippen molar-refractivity contribution in [1.29, 1.82) is 0 Å². The number of nitrogens with one attached hydrogen (secondary N) is 1. The van der Waals surface area contributed by atoms with E-state index in [1.807, 2.05) is 0 Å². The van der Waals surface area contributed by atoms with Crippen molar-refractivity contribution < 1.29 is 13.2 Å². The molecule has 1 saturated heterocycles. The number of likely N-dealkylation sites (tertiary alicyclic amines) is 1. The van der Waals surface area contributed by atoms with Gasteiger partial charge in [0.15, 0.2) is 0 Å². The van der Waals surface area contributed by atoms with Crippen molar-refractivity contribution in [1.82, 2.24) is 14.9 Å². The molecule has 0 spiro atoms. The third-order valence-corrected chi connectivity index (χ3v) is 7.79. The molecule has 30 heavy (non-hydrogen) atoms. The molecule has 3 heterocycles. The van der Waals surface area contributed by atoms with Crippen molar-refractivity contribution in [3.63, 3.8) is 0 Å². The summed E-state index contributed by atoms with van der Waals surface area (Å²) in [7, 11) is 0. The van der Waals surface area contributed by atoms with Crippen LogP contribution >= 0.6 is 22.9 Å². The Labute approximate surface area is 184 Å². The number of nitrogens with zero attached hydrogens (tertiary/aromatic N) is 3. The molecule has 1 aliphatic carbocycles. The minimum Gasteiger partial charge on any atom is -0.369 e. The van der Waals surface area contributed by atoms with Crippen molar-refractivity contribution in [3.8, 4) is 0 Å². The van der Waals surface area contributed by atoms with E-state index in [4.69, 9.17) is 11.6 Å². The highest BCUT2D eigenvalue weighted by Crippen LogP contribution is 2.33. The number of aromatic nitrogens is 2. The SMILES string of the molecule is FC(F)(F)Cc1cc2c(NCC3CCN(CC4CCC(Cl)CC4)CC3)ncnc2s1. The van der Waals surface area contributed by atoms with Crippen LogP contribution in [0.3, 0.4) is 0 Å². The summed E-state index contributed by atoms with van der Waals surface area (Å²) in [6.07, 6.45) is 3.35. The average molecular weight is 461 g/mol. The quantitative estimate of drug-likeness (QED) is 0.560. The monoisotopic (exact) mass is 460 g/mol. The molecule has 9 heteroatoms. The highest BCUT2D eigenvalue weighted by atomic mass is 35.5. The van der Waals surface area contributed by atoms with Gasteiger partial charge in [0, 0.05) is 23.3 Å². The summed E-state index contributed by atoms with van der Waals surface area (Å²) in [5, 5.41) is 4.44. The number of hydrogen-bond acceptors (Lipinski definition) is 5. The molecule has 1 aliphatic heterocycles. The topological polar surface area (TPSA) is 41.0 Å². The smallest absolute Gasteiger partial charge is 0.369 e. The summed E-state index contributed by atoms with van der Waals surface area (Å²) in [6.45, 7) is 4.20. The Balaban J connectivity index is 1.27. The van der Waals surface area contributed by atoms with E-state index in [-0.39, 0.29) is 4.88 Å². The van der Waals surface area contributed by atoms with Gasteiger partial charge in [-0.1, -0.05) is 0 Å². The fraction of sp³-hybridized carbons (Fsp3) is 0.714. The summed E-state index contributed by atoms with van der Waals surface area (Å²) in [5.74, 6) is 1.98. The average Bonchev–Trinajstić information content (AvgIpc) is 3.10. The van der Waals surface area contributed by atoms with Gasteiger partial charge in [-0.25, -0.2) is 9.97 Å². The van der Waals surface area contributed by atoms with Crippen LogP contribution in [0, 0.1) is 11.8 Å². The zero-order valence-electron chi connectivity index (χ0n) is 16.9. The maximum absolute atomic E-state index is 12.7. The second-order valence-electron chi connectivity index (χ2n) is 8.69. The van der Waals surface area contributed by atoms with Crippen LogP contribution in [0.15, 0.2) is 12.4 Å². The number of halogens is 4. The second kappa shape index (κ2) is 9.57. The van der Waals surface area contributed by atoms with Crippen LogP contribution in [0.5, 0.6) is 0 Å². The molecule has 166 valence electrons. The minimum atomic E-state index is -4.21. The molecule has 4 nitrogen and oxygen atoms in total. The first-order valence-corrected chi connectivity index (χ1v) is 12.0. The number of anilines is 1. The molecule has 0 amide bonds. The maximum atomic E-state index is 12.7. The van der Waals surface area contributed by atoms with E-state index >= 15 is 0 Å². The Morgan fingerprint density at radius 2 is 1.80 bits per heavy atom. The van der Waals surface area contributed by atoms with Crippen LogP contribution in [0.1, 0.15) is 43.4 Å². The predicted octanol–water partition coefficient (Wildman–Crippen LogP) is 5.72. The Bertz CT molecular complexity index is 827. The van der Waals surface area contributed by atoms with Crippen molar-refractivity contribution >= 4 is 39.0 Å². The van der Waals surface area contributed by atoms with Gasteiger partial charge in [0.25, 0.3) is 0 Å². The zero-order chi connectivity index (χ0) is 21.1. The van der Waals surface area contributed by atoms with Crippen molar-refractivity contribution in [2.75, 3.05) is 31.5 Å². The Morgan fingerprint density at radius 3 is 2.50 bits per heavy atom. The van der Waals surface area contributed by atoms with E-state index in [9.17, 15) is 13.2 Å². The lowest BCUT2D eigenvalue weighted by molar-refractivity contribution is -0.126. The molecule has 2 aromatic heterocycles. The summed E-state index contributed by atoms with van der Waals surface area (Å²) >= 11 is 7.31. The molecule has 0 unspecified atom stereocenters. The molecule has 0 radical (unpaired) electrons. The van der Waals surface area contributed by atoms with Crippen LogP contribution in [-0.4, -0.2) is 52.6 Å². The Kier molecular flexibility index (Phi) is 7.05. The van der Waals surface area contributed by atoms with Gasteiger partial charge in [-0.2, -0.15) is 13.2 Å². The van der Waals surface area contributed by atoms with Crippen LogP contribution < -0.4 is 5.32 Å². The van der Waals surface area contributed by atoms with E-state index in [0.717, 1.165) is 62.6 Å². The van der Waals surface area contributed by atoms with Crippen molar-refractivity contribution in [3.05, 3.63) is 17.3 Å². The fourth-order valence-electron chi connectivity index (χ4n) is 4.61. The van der Waals surface area contributed by atoms with Crippen LogP contribution in [0.4, 0.5) is 19.0 Å². The van der Waals surface area contributed by atoms with Crippen molar-refractivity contribution in [2.24, 2.45) is 11.8 Å². The van der Waals surface area contributed by atoms with Gasteiger partial charge in [-0.15, -0.1) is 22.9 Å². The molecular weight excluding hydrogens is 433 g/mol. The van der Waals surface area contributed by atoms with Crippen LogP contribution in [0.25, 0.3) is 10.2 Å². The molecule has 0 bridgehead atoms. The number of alkyl halides is 4. The predicted molar refractivity (Wildman–Crippen MR) is 116 cm³/mol. The van der Waals surface area contributed by atoms with Gasteiger partial charge in [-0.05, 0) is 69.5 Å². The third-order valence-electron chi connectivity index (χ3n) is 6.31. The first-order chi connectivity index (χ1) is 14.4. The molecule has 0 aromatic carbocycles. The number of hydrogen-bond donors (Lipinski definition) is 1. The fourth-order valence-corrected chi connectivity index (χ4v) is 5.89. The lowest BCUT2D eigenvalue weighted by Crippen LogP contribution is -2.39. The van der Waals surface area contributed by atoms with Gasteiger partial charge >= 0.3 is 6.18 Å². The van der Waals surface area contributed by atoms with E-state index < -0.39 is 12.6 Å². The highest BCUT2D eigenvalue weighted by molar-refractivity contribution is 7.18. The molecule has 4 rings (SSSR count). The molecular formula is C21H28ClF3N4S. The zero-order valence-corrected chi connectivity index (χ0v) is 18.5. The van der Waals surface area contributed by atoms with Crippen LogP contribution in [-0.2, 0) is 6.42 Å². The molecule has 2 aromatic rings. The van der Waals surface area contributed by atoms with Crippen molar-refractivity contribution in [2.45, 2.75) is 56.5 Å². The first kappa shape index (κ1) is 22.1. The van der Waals surface area contributed by atoms with E-state index in [1.54, 1.807) is 6.07 Å². The van der Waals surface area contributed by atoms with Gasteiger partial charge < -0.3 is 10.2 Å². The summed E-state index contributed by atoms with van der Waals surface area (Å²) in [5.41, 5.74) is 0. The van der Waals surface area contributed by atoms with Gasteiger partial charge in [-0.3, -0.25) is 0 Å². The lowest BCUT2D eigenvalue weighted by Gasteiger charge is -2.36. The lowest BCUT2D eigenvalue weighted by atomic mass is 9.87. The number of rotatable bonds is 6. The summed E-state index contributed by atoms with van der Waals surface area (Å²) in [4.78, 5) is 11.9. The van der Waals surface area contributed by atoms with Crippen LogP contribution in [0.2, 0.25) is 0 Å². The Hall–Kier alpha value is -1.12. The number of fused-ring (bicyclic) bond motifs is 1. The van der Waals surface area contributed by atoms with E-state index in [1.165, 1.54) is 25.7 Å². The molecule has 0 atom stereocenters. The third kappa shape index (κ3) is 5.98. The minimum absolute atomic E-state index is 0.276. The second-order valence-corrected chi connectivity index (χ2v) is 10.4.